The smallest absolute Gasteiger partial charge is 0.0400 e. The Labute approximate surface area is 122 Å². The summed E-state index contributed by atoms with van der Waals surface area (Å²) in [7, 11) is 0. The maximum atomic E-state index is 6.64. The molecule has 5 atom stereocenters. The van der Waals surface area contributed by atoms with Gasteiger partial charge in [0.05, 0.1) is 0 Å². The standard InChI is InChI=1S/C18H25Cl/c1-18-9-4-7-16(18)15-11-17(19)14-6-3-2-5-12(14)13(15)8-10-18/h6,11-13,15-16H,2-5,7-10H2,1H3/t12-,13-,15-,16+,18+/m1/s1. The molecule has 0 aromatic rings. The van der Waals surface area contributed by atoms with Crippen molar-refractivity contribution in [3.63, 3.8) is 0 Å². The van der Waals surface area contributed by atoms with Gasteiger partial charge in [0.15, 0.2) is 0 Å². The zero-order valence-electron chi connectivity index (χ0n) is 12.0. The van der Waals surface area contributed by atoms with E-state index in [2.05, 4.69) is 19.1 Å². The molecule has 0 saturated heterocycles. The molecule has 0 nitrogen and oxygen atoms in total. The summed E-state index contributed by atoms with van der Waals surface area (Å²) >= 11 is 6.64. The average molecular weight is 277 g/mol. The van der Waals surface area contributed by atoms with E-state index < -0.39 is 0 Å². The first-order chi connectivity index (χ1) is 9.19. The largest absolute Gasteiger partial charge is 0.0844 e. The van der Waals surface area contributed by atoms with Gasteiger partial charge in [0.1, 0.15) is 0 Å². The van der Waals surface area contributed by atoms with Crippen molar-refractivity contribution in [2.24, 2.45) is 29.1 Å². The van der Waals surface area contributed by atoms with Crippen LogP contribution in [0.5, 0.6) is 0 Å². The van der Waals surface area contributed by atoms with E-state index in [-0.39, 0.29) is 0 Å². The van der Waals surface area contributed by atoms with Gasteiger partial charge in [0.2, 0.25) is 0 Å². The fraction of sp³-hybridized carbons (Fsp3) is 0.778. The van der Waals surface area contributed by atoms with E-state index in [9.17, 15) is 0 Å². The Kier molecular flexibility index (Phi) is 2.88. The van der Waals surface area contributed by atoms with Crippen molar-refractivity contribution in [1.29, 1.82) is 0 Å². The molecule has 2 saturated carbocycles. The third-order valence-electron chi connectivity index (χ3n) is 6.78. The van der Waals surface area contributed by atoms with Crippen LogP contribution in [-0.2, 0) is 0 Å². The van der Waals surface area contributed by atoms with E-state index in [0.717, 1.165) is 28.7 Å². The first kappa shape index (κ1) is 12.5. The molecule has 4 aliphatic rings. The lowest BCUT2D eigenvalue weighted by molar-refractivity contribution is 0.0389. The molecule has 0 bridgehead atoms. The van der Waals surface area contributed by atoms with Crippen molar-refractivity contribution in [3.05, 3.63) is 22.8 Å². The van der Waals surface area contributed by atoms with E-state index >= 15 is 0 Å². The van der Waals surface area contributed by atoms with E-state index in [1.165, 1.54) is 56.9 Å². The van der Waals surface area contributed by atoms with E-state index in [1.54, 1.807) is 0 Å². The van der Waals surface area contributed by atoms with Crippen molar-refractivity contribution in [2.45, 2.75) is 58.3 Å². The lowest BCUT2D eigenvalue weighted by atomic mass is 9.54. The highest BCUT2D eigenvalue weighted by Gasteiger charge is 2.51. The van der Waals surface area contributed by atoms with Crippen molar-refractivity contribution in [3.8, 4) is 0 Å². The van der Waals surface area contributed by atoms with Gasteiger partial charge in [-0.2, -0.15) is 0 Å². The van der Waals surface area contributed by atoms with Crippen molar-refractivity contribution >= 4 is 11.6 Å². The topological polar surface area (TPSA) is 0 Å². The number of allylic oxidation sites excluding steroid dienone is 4. The summed E-state index contributed by atoms with van der Waals surface area (Å²) in [5.41, 5.74) is 2.14. The van der Waals surface area contributed by atoms with E-state index in [4.69, 9.17) is 11.6 Å². The highest BCUT2D eigenvalue weighted by molar-refractivity contribution is 6.32. The molecular formula is C18H25Cl. The summed E-state index contributed by atoms with van der Waals surface area (Å²) in [4.78, 5) is 0. The molecule has 1 heteroatoms. The van der Waals surface area contributed by atoms with Crippen LogP contribution in [0.25, 0.3) is 0 Å². The van der Waals surface area contributed by atoms with Gasteiger partial charge >= 0.3 is 0 Å². The van der Waals surface area contributed by atoms with Crippen LogP contribution in [0.1, 0.15) is 58.3 Å². The van der Waals surface area contributed by atoms with Gasteiger partial charge in [-0.1, -0.05) is 37.1 Å². The SMILES string of the molecule is C[C@@]12CCC[C@H]1[C@@H]1C=C(Cl)C3=CCCC[C@@H]3[C@H]1CC2. The van der Waals surface area contributed by atoms with Gasteiger partial charge in [0.25, 0.3) is 0 Å². The minimum atomic E-state index is 0.630. The van der Waals surface area contributed by atoms with Gasteiger partial charge in [-0.05, 0) is 79.6 Å². The number of halogens is 1. The summed E-state index contributed by atoms with van der Waals surface area (Å²) in [6.07, 6.45) is 16.2. The molecule has 2 fully saturated rings. The number of hydrogen-bond acceptors (Lipinski definition) is 0. The van der Waals surface area contributed by atoms with Gasteiger partial charge < -0.3 is 0 Å². The molecule has 0 aromatic carbocycles. The minimum absolute atomic E-state index is 0.630. The molecule has 104 valence electrons. The Bertz CT molecular complexity index is 447. The third kappa shape index (κ3) is 1.78. The summed E-state index contributed by atoms with van der Waals surface area (Å²) in [5.74, 6) is 3.41. The Hall–Kier alpha value is -0.230. The first-order valence-electron chi connectivity index (χ1n) is 8.27. The van der Waals surface area contributed by atoms with Crippen molar-refractivity contribution < 1.29 is 0 Å². The van der Waals surface area contributed by atoms with Crippen LogP contribution < -0.4 is 0 Å². The fourth-order valence-corrected chi connectivity index (χ4v) is 6.17. The fourth-order valence-electron chi connectivity index (χ4n) is 5.81. The first-order valence-corrected chi connectivity index (χ1v) is 8.65. The normalized spacial score (nSPS) is 48.7. The highest BCUT2D eigenvalue weighted by Crippen LogP contribution is 2.61. The Morgan fingerprint density at radius 1 is 1.16 bits per heavy atom. The van der Waals surface area contributed by atoms with Crippen LogP contribution in [-0.4, -0.2) is 0 Å². The van der Waals surface area contributed by atoms with Gasteiger partial charge in [-0.3, -0.25) is 0 Å². The highest BCUT2D eigenvalue weighted by atomic mass is 35.5. The zero-order chi connectivity index (χ0) is 13.0. The second kappa shape index (κ2) is 4.38. The predicted molar refractivity (Wildman–Crippen MR) is 81.0 cm³/mol. The third-order valence-corrected chi connectivity index (χ3v) is 7.12. The zero-order valence-corrected chi connectivity index (χ0v) is 12.8. The molecule has 0 spiro atoms. The molecular weight excluding hydrogens is 252 g/mol. The molecule has 0 aliphatic heterocycles. The summed E-state index contributed by atoms with van der Waals surface area (Å²) < 4.78 is 0. The van der Waals surface area contributed by atoms with E-state index in [1.807, 2.05) is 0 Å². The second-order valence-corrected chi connectivity index (χ2v) is 8.05. The van der Waals surface area contributed by atoms with Crippen LogP contribution in [0.3, 0.4) is 0 Å². The lowest BCUT2D eigenvalue weighted by Gasteiger charge is -2.51. The van der Waals surface area contributed by atoms with Crippen molar-refractivity contribution in [2.75, 3.05) is 0 Å². The lowest BCUT2D eigenvalue weighted by Crippen LogP contribution is -2.43. The number of hydrogen-bond donors (Lipinski definition) is 0. The maximum absolute atomic E-state index is 6.64. The van der Waals surface area contributed by atoms with Gasteiger partial charge in [0, 0.05) is 5.03 Å². The molecule has 4 rings (SSSR count). The van der Waals surface area contributed by atoms with Crippen LogP contribution >= 0.6 is 11.6 Å². The summed E-state index contributed by atoms with van der Waals surface area (Å²) in [5, 5.41) is 1.11. The quantitative estimate of drug-likeness (QED) is 0.534. The van der Waals surface area contributed by atoms with E-state index in [0.29, 0.717) is 5.41 Å². The van der Waals surface area contributed by atoms with Crippen LogP contribution in [0, 0.1) is 29.1 Å². The molecule has 0 unspecified atom stereocenters. The molecule has 4 aliphatic carbocycles. The van der Waals surface area contributed by atoms with Crippen molar-refractivity contribution in [1.82, 2.24) is 0 Å². The Morgan fingerprint density at radius 3 is 2.95 bits per heavy atom. The summed E-state index contributed by atoms with van der Waals surface area (Å²) in [6, 6.07) is 0. The predicted octanol–water partition coefficient (Wildman–Crippen LogP) is 5.68. The Balaban J connectivity index is 1.74. The molecule has 0 heterocycles. The summed E-state index contributed by atoms with van der Waals surface area (Å²) in [6.45, 7) is 2.55. The minimum Gasteiger partial charge on any atom is -0.0844 e. The Morgan fingerprint density at radius 2 is 2.05 bits per heavy atom. The maximum Gasteiger partial charge on any atom is 0.0400 e. The van der Waals surface area contributed by atoms with Crippen LogP contribution in [0.2, 0.25) is 0 Å². The second-order valence-electron chi connectivity index (χ2n) is 7.64. The number of fused-ring (bicyclic) bond motifs is 5. The number of rotatable bonds is 0. The molecule has 0 aromatic heterocycles. The van der Waals surface area contributed by atoms with Gasteiger partial charge in [-0.15, -0.1) is 0 Å². The van der Waals surface area contributed by atoms with Crippen LogP contribution in [0.15, 0.2) is 22.8 Å². The average Bonchev–Trinajstić information content (AvgIpc) is 2.81. The molecule has 0 amide bonds. The molecule has 0 radical (unpaired) electrons. The monoisotopic (exact) mass is 276 g/mol. The molecule has 19 heavy (non-hydrogen) atoms. The van der Waals surface area contributed by atoms with Crippen LogP contribution in [0.4, 0.5) is 0 Å². The van der Waals surface area contributed by atoms with Gasteiger partial charge in [-0.25, -0.2) is 0 Å². The molecule has 0 N–H and O–H groups in total.